The zero-order valence-corrected chi connectivity index (χ0v) is 15.5. The number of halogens is 2. The third-order valence-electron chi connectivity index (χ3n) is 3.21. The predicted octanol–water partition coefficient (Wildman–Crippen LogP) is 3.92. The second kappa shape index (κ2) is 9.11. The molecule has 1 aromatic carbocycles. The summed E-state index contributed by atoms with van der Waals surface area (Å²) in [4.78, 5) is 9.89. The number of hydrogen-bond donors (Lipinski definition) is 2. The quantitative estimate of drug-likeness (QED) is 0.598. The minimum atomic E-state index is 0.658. The Hall–Kier alpha value is -1.30. The van der Waals surface area contributed by atoms with Crippen LogP contribution >= 0.6 is 34.5 Å². The number of nitrogens with zero attached hydrogens (tertiary/aromatic N) is 2. The van der Waals surface area contributed by atoms with Crippen LogP contribution in [0, 0.1) is 0 Å². The molecule has 124 valence electrons. The summed E-state index contributed by atoms with van der Waals surface area (Å²) in [6.07, 6.45) is 3.77. The normalized spacial score (nSPS) is 11.6. The minimum Gasteiger partial charge on any atom is -0.356 e. The van der Waals surface area contributed by atoms with Crippen molar-refractivity contribution in [3.05, 3.63) is 49.9 Å². The first kappa shape index (κ1) is 18.0. The third kappa shape index (κ3) is 6.01. The highest BCUT2D eigenvalue weighted by Crippen LogP contribution is 2.19. The summed E-state index contributed by atoms with van der Waals surface area (Å²) < 4.78 is 0. The number of rotatable bonds is 6. The highest BCUT2D eigenvalue weighted by atomic mass is 35.5. The van der Waals surface area contributed by atoms with E-state index in [-0.39, 0.29) is 0 Å². The Labute approximate surface area is 151 Å². The summed E-state index contributed by atoms with van der Waals surface area (Å²) in [6.45, 7) is 3.55. The van der Waals surface area contributed by atoms with Crippen LogP contribution in [-0.2, 0) is 19.4 Å². The van der Waals surface area contributed by atoms with Crippen molar-refractivity contribution < 1.29 is 0 Å². The Kier molecular flexibility index (Phi) is 7.15. The van der Waals surface area contributed by atoms with Crippen molar-refractivity contribution in [3.63, 3.8) is 0 Å². The number of nitrogens with one attached hydrogen (secondary N) is 2. The lowest BCUT2D eigenvalue weighted by Crippen LogP contribution is -2.37. The molecule has 0 saturated heterocycles. The van der Waals surface area contributed by atoms with Gasteiger partial charge in [0, 0.05) is 34.7 Å². The molecule has 0 unspecified atom stereocenters. The molecule has 0 fully saturated rings. The molecule has 0 saturated carbocycles. The Morgan fingerprint density at radius 3 is 2.57 bits per heavy atom. The molecule has 0 aliphatic carbocycles. The number of guanidine groups is 1. The molecular weight excluding hydrogens is 351 g/mol. The summed E-state index contributed by atoms with van der Waals surface area (Å²) >= 11 is 13.7. The first-order valence-electron chi connectivity index (χ1n) is 7.43. The molecule has 0 aliphatic rings. The van der Waals surface area contributed by atoms with Crippen LogP contribution in [0.15, 0.2) is 29.4 Å². The van der Waals surface area contributed by atoms with Crippen molar-refractivity contribution in [1.29, 1.82) is 0 Å². The number of benzene rings is 1. The average Bonchev–Trinajstić information content (AvgIpc) is 2.97. The lowest BCUT2D eigenvalue weighted by atomic mass is 10.1. The molecule has 7 heteroatoms. The van der Waals surface area contributed by atoms with Gasteiger partial charge in [-0.05, 0) is 36.6 Å². The number of aryl methyl sites for hydroxylation is 1. The molecular formula is C16H20Cl2N4S. The SMILES string of the molecule is CCc1cnc(CNC(=NC)NCCc2cc(Cl)cc(Cl)c2)s1. The van der Waals surface area contributed by atoms with E-state index in [1.807, 2.05) is 18.3 Å². The summed E-state index contributed by atoms with van der Waals surface area (Å²) in [6, 6.07) is 5.58. The molecule has 0 amide bonds. The highest BCUT2D eigenvalue weighted by Gasteiger charge is 2.03. The third-order valence-corrected chi connectivity index (χ3v) is 4.79. The van der Waals surface area contributed by atoms with E-state index in [2.05, 4.69) is 27.5 Å². The topological polar surface area (TPSA) is 49.3 Å². The van der Waals surface area contributed by atoms with Gasteiger partial charge in [0.25, 0.3) is 0 Å². The zero-order chi connectivity index (χ0) is 16.7. The van der Waals surface area contributed by atoms with Crippen LogP contribution in [0.2, 0.25) is 10.0 Å². The van der Waals surface area contributed by atoms with Crippen LogP contribution in [0.5, 0.6) is 0 Å². The lowest BCUT2D eigenvalue weighted by molar-refractivity contribution is 0.792. The number of aromatic nitrogens is 1. The largest absolute Gasteiger partial charge is 0.356 e. The maximum atomic E-state index is 6.00. The van der Waals surface area contributed by atoms with Crippen molar-refractivity contribution >= 4 is 40.5 Å². The van der Waals surface area contributed by atoms with Crippen LogP contribution in [-0.4, -0.2) is 24.5 Å². The van der Waals surface area contributed by atoms with Crippen molar-refractivity contribution in [2.75, 3.05) is 13.6 Å². The molecule has 0 radical (unpaired) electrons. The first-order valence-corrected chi connectivity index (χ1v) is 9.01. The maximum absolute atomic E-state index is 6.00. The molecule has 1 heterocycles. The molecule has 23 heavy (non-hydrogen) atoms. The van der Waals surface area contributed by atoms with E-state index in [1.165, 1.54) is 4.88 Å². The Balaban J connectivity index is 1.78. The van der Waals surface area contributed by atoms with Gasteiger partial charge in [-0.1, -0.05) is 30.1 Å². The second-order valence-corrected chi connectivity index (χ2v) is 7.03. The van der Waals surface area contributed by atoms with Crippen LogP contribution in [0.4, 0.5) is 0 Å². The fourth-order valence-corrected chi connectivity index (χ4v) is 3.43. The van der Waals surface area contributed by atoms with E-state index in [0.29, 0.717) is 16.6 Å². The van der Waals surface area contributed by atoms with Gasteiger partial charge in [-0.15, -0.1) is 11.3 Å². The van der Waals surface area contributed by atoms with E-state index >= 15 is 0 Å². The van der Waals surface area contributed by atoms with Gasteiger partial charge in [0.05, 0.1) is 6.54 Å². The monoisotopic (exact) mass is 370 g/mol. The Morgan fingerprint density at radius 1 is 1.22 bits per heavy atom. The van der Waals surface area contributed by atoms with Crippen LogP contribution < -0.4 is 10.6 Å². The van der Waals surface area contributed by atoms with Gasteiger partial charge in [0.2, 0.25) is 0 Å². The summed E-state index contributed by atoms with van der Waals surface area (Å²) in [5.41, 5.74) is 1.10. The van der Waals surface area contributed by atoms with Crippen molar-refractivity contribution in [1.82, 2.24) is 15.6 Å². The standard InChI is InChI=1S/C16H20Cl2N4S/c1-3-14-9-21-15(23-14)10-22-16(19-2)20-5-4-11-6-12(17)8-13(18)7-11/h6-9H,3-5,10H2,1-2H3,(H2,19,20,22). The van der Waals surface area contributed by atoms with Gasteiger partial charge in [-0.25, -0.2) is 4.98 Å². The minimum absolute atomic E-state index is 0.658. The van der Waals surface area contributed by atoms with Crippen molar-refractivity contribution in [3.8, 4) is 0 Å². The zero-order valence-electron chi connectivity index (χ0n) is 13.2. The van der Waals surface area contributed by atoms with E-state index in [1.54, 1.807) is 24.5 Å². The van der Waals surface area contributed by atoms with E-state index in [0.717, 1.165) is 35.9 Å². The molecule has 1 aromatic heterocycles. The first-order chi connectivity index (χ1) is 11.1. The van der Waals surface area contributed by atoms with E-state index in [9.17, 15) is 0 Å². The van der Waals surface area contributed by atoms with Crippen LogP contribution in [0.25, 0.3) is 0 Å². The van der Waals surface area contributed by atoms with Crippen LogP contribution in [0.1, 0.15) is 22.4 Å². The molecule has 2 N–H and O–H groups in total. The van der Waals surface area contributed by atoms with Crippen molar-refractivity contribution in [2.24, 2.45) is 4.99 Å². The van der Waals surface area contributed by atoms with Gasteiger partial charge >= 0.3 is 0 Å². The van der Waals surface area contributed by atoms with E-state index < -0.39 is 0 Å². The molecule has 4 nitrogen and oxygen atoms in total. The van der Waals surface area contributed by atoms with Gasteiger partial charge < -0.3 is 10.6 Å². The number of hydrogen-bond acceptors (Lipinski definition) is 3. The number of aliphatic imine (C=N–C) groups is 1. The van der Waals surface area contributed by atoms with E-state index in [4.69, 9.17) is 23.2 Å². The maximum Gasteiger partial charge on any atom is 0.191 e. The molecule has 0 spiro atoms. The summed E-state index contributed by atoms with van der Waals surface area (Å²) in [5, 5.41) is 8.92. The van der Waals surface area contributed by atoms with Gasteiger partial charge in [-0.3, -0.25) is 4.99 Å². The molecule has 0 bridgehead atoms. The van der Waals surface area contributed by atoms with Crippen LogP contribution in [0.3, 0.4) is 0 Å². The van der Waals surface area contributed by atoms with Gasteiger partial charge in [0.15, 0.2) is 5.96 Å². The number of thiazole rings is 1. The average molecular weight is 371 g/mol. The smallest absolute Gasteiger partial charge is 0.191 e. The highest BCUT2D eigenvalue weighted by molar-refractivity contribution is 7.11. The fraction of sp³-hybridized carbons (Fsp3) is 0.375. The Morgan fingerprint density at radius 2 is 1.96 bits per heavy atom. The van der Waals surface area contributed by atoms with Crippen molar-refractivity contribution in [2.45, 2.75) is 26.3 Å². The van der Waals surface area contributed by atoms with Gasteiger partial charge in [-0.2, -0.15) is 0 Å². The second-order valence-electron chi connectivity index (χ2n) is 4.95. The molecule has 0 atom stereocenters. The predicted molar refractivity (Wildman–Crippen MR) is 99.9 cm³/mol. The molecule has 0 aliphatic heterocycles. The molecule has 2 rings (SSSR count). The fourth-order valence-electron chi connectivity index (χ4n) is 2.05. The summed E-state index contributed by atoms with van der Waals surface area (Å²) in [5.74, 6) is 0.756. The van der Waals surface area contributed by atoms with Gasteiger partial charge in [0.1, 0.15) is 5.01 Å². The summed E-state index contributed by atoms with van der Waals surface area (Å²) in [7, 11) is 1.75. The lowest BCUT2D eigenvalue weighted by Gasteiger charge is -2.11. The molecule has 2 aromatic rings. The Bertz CT molecular complexity index is 650.